The normalized spacial score (nSPS) is 20.7. The third-order valence-corrected chi connectivity index (χ3v) is 7.49. The molecule has 1 saturated carbocycles. The van der Waals surface area contributed by atoms with E-state index in [1.54, 1.807) is 12.5 Å². The summed E-state index contributed by atoms with van der Waals surface area (Å²) in [6.45, 7) is 2.79. The average molecular weight is 495 g/mol. The number of fused-ring (bicyclic) bond motifs is 4. The zero-order valence-electron chi connectivity index (χ0n) is 20.5. The van der Waals surface area contributed by atoms with Crippen molar-refractivity contribution < 1.29 is 9.84 Å². The van der Waals surface area contributed by atoms with Crippen molar-refractivity contribution in [1.82, 2.24) is 29.5 Å². The molecule has 1 aliphatic carbocycles. The number of hydrogen-bond acceptors (Lipinski definition) is 9. The Bertz CT molecular complexity index is 1650. The number of aliphatic hydroxyl groups excluding tert-OH is 1. The van der Waals surface area contributed by atoms with Gasteiger partial charge in [-0.2, -0.15) is 0 Å². The highest BCUT2D eigenvalue weighted by Gasteiger charge is 2.44. The van der Waals surface area contributed by atoms with Crippen LogP contribution in [0.15, 0.2) is 55.2 Å². The molecule has 0 spiro atoms. The van der Waals surface area contributed by atoms with Gasteiger partial charge in [-0.1, -0.05) is 0 Å². The topological polar surface area (TPSA) is 114 Å². The van der Waals surface area contributed by atoms with Crippen molar-refractivity contribution in [3.05, 3.63) is 60.8 Å². The fraction of sp³-hybridized carbons (Fsp3) is 0.296. The van der Waals surface area contributed by atoms with E-state index in [-0.39, 0.29) is 12.1 Å². The fourth-order valence-corrected chi connectivity index (χ4v) is 5.53. The summed E-state index contributed by atoms with van der Waals surface area (Å²) in [6, 6.07) is 12.1. The summed E-state index contributed by atoms with van der Waals surface area (Å²) >= 11 is 0. The highest BCUT2D eigenvalue weighted by atomic mass is 16.5. The number of nitrogens with zero attached hydrogens (tertiary/aromatic N) is 7. The number of aryl methyl sites for hydroxylation is 2. The van der Waals surface area contributed by atoms with Gasteiger partial charge in [-0.3, -0.25) is 0 Å². The highest BCUT2D eigenvalue weighted by Crippen LogP contribution is 2.39. The Hall–Kier alpha value is -4.31. The van der Waals surface area contributed by atoms with Crippen LogP contribution in [0.25, 0.3) is 22.1 Å². The molecular formula is C27H26N8O2. The number of piperidine rings is 1. The van der Waals surface area contributed by atoms with Crippen LogP contribution in [0.4, 0.5) is 17.5 Å². The number of ether oxygens (including phenoxy) is 1. The van der Waals surface area contributed by atoms with Crippen molar-refractivity contribution in [2.75, 3.05) is 16.8 Å². The molecule has 1 saturated heterocycles. The molecule has 2 aliphatic rings. The molecule has 3 atom stereocenters. The second-order valence-electron chi connectivity index (χ2n) is 9.94. The number of aromatic nitrogens is 6. The maximum absolute atomic E-state index is 10.1. The third kappa shape index (κ3) is 3.80. The van der Waals surface area contributed by atoms with Gasteiger partial charge in [-0.25, -0.2) is 24.9 Å². The van der Waals surface area contributed by atoms with E-state index in [9.17, 15) is 5.11 Å². The van der Waals surface area contributed by atoms with Gasteiger partial charge in [0.25, 0.3) is 0 Å². The van der Waals surface area contributed by atoms with Crippen LogP contribution in [0, 0.1) is 12.8 Å². The molecule has 2 aromatic carbocycles. The van der Waals surface area contributed by atoms with Crippen LogP contribution in [0.1, 0.15) is 18.4 Å². The molecule has 5 aromatic rings. The van der Waals surface area contributed by atoms with Crippen molar-refractivity contribution in [2.45, 2.75) is 31.9 Å². The molecule has 10 heteroatoms. The smallest absolute Gasteiger partial charge is 0.226 e. The van der Waals surface area contributed by atoms with E-state index in [0.717, 1.165) is 53.2 Å². The Morgan fingerprint density at radius 2 is 1.95 bits per heavy atom. The molecular weight excluding hydrogens is 468 g/mol. The predicted molar refractivity (Wildman–Crippen MR) is 140 cm³/mol. The van der Waals surface area contributed by atoms with Crippen molar-refractivity contribution in [1.29, 1.82) is 0 Å². The Morgan fingerprint density at radius 3 is 2.76 bits per heavy atom. The van der Waals surface area contributed by atoms with E-state index in [1.165, 1.54) is 6.33 Å². The molecule has 7 rings (SSSR count). The predicted octanol–water partition coefficient (Wildman–Crippen LogP) is 4.11. The second kappa shape index (κ2) is 8.38. The first-order chi connectivity index (χ1) is 18.0. The standard InChI is InChI=1S/C27H26N8O2/c1-15-7-17(3-6-24(15)37-19-4-5-22-20(10-19)31-14-34(22)2)32-26-25-21(29-13-30-26)11-28-27(33-25)35-12-16-8-18(35)9-23(16)36/h3-7,10-11,13-14,16,18,23,36H,8-9,12H2,1-2H3,(H,29,30,32)/t16-,18-,23-/m0/s1. The molecule has 0 unspecified atom stereocenters. The summed E-state index contributed by atoms with van der Waals surface area (Å²) in [4.78, 5) is 24.8. The number of imidazole rings is 1. The monoisotopic (exact) mass is 494 g/mol. The zero-order valence-corrected chi connectivity index (χ0v) is 20.5. The van der Waals surface area contributed by atoms with Gasteiger partial charge in [0, 0.05) is 37.3 Å². The Kier molecular flexibility index (Phi) is 4.97. The summed E-state index contributed by atoms with van der Waals surface area (Å²) < 4.78 is 8.14. The number of benzene rings is 2. The molecule has 37 heavy (non-hydrogen) atoms. The summed E-state index contributed by atoms with van der Waals surface area (Å²) in [5.41, 5.74) is 5.14. The molecule has 186 valence electrons. The summed E-state index contributed by atoms with van der Waals surface area (Å²) in [5.74, 6) is 3.08. The quantitative estimate of drug-likeness (QED) is 0.372. The first kappa shape index (κ1) is 21.9. The Morgan fingerprint density at radius 1 is 1.03 bits per heavy atom. The third-order valence-electron chi connectivity index (χ3n) is 7.49. The van der Waals surface area contributed by atoms with E-state index in [1.807, 2.05) is 54.9 Å². The second-order valence-corrected chi connectivity index (χ2v) is 9.94. The molecule has 1 aliphatic heterocycles. The van der Waals surface area contributed by atoms with E-state index in [2.05, 4.69) is 30.2 Å². The van der Waals surface area contributed by atoms with Gasteiger partial charge in [0.15, 0.2) is 5.82 Å². The fourth-order valence-electron chi connectivity index (χ4n) is 5.53. The van der Waals surface area contributed by atoms with E-state index >= 15 is 0 Å². The SMILES string of the molecule is Cc1cc(Nc2ncnc3cnc(N4C[C@@H]5C[C@H]4C[C@@H]5O)nc23)ccc1Oc1ccc2c(c1)ncn2C. The van der Waals surface area contributed by atoms with Crippen LogP contribution in [-0.4, -0.2) is 53.3 Å². The highest BCUT2D eigenvalue weighted by molar-refractivity contribution is 5.87. The molecule has 2 N–H and O–H groups in total. The largest absolute Gasteiger partial charge is 0.457 e. The van der Waals surface area contributed by atoms with Crippen molar-refractivity contribution in [2.24, 2.45) is 13.0 Å². The van der Waals surface area contributed by atoms with Gasteiger partial charge in [0.2, 0.25) is 5.95 Å². The van der Waals surface area contributed by atoms with Crippen molar-refractivity contribution in [3.8, 4) is 11.5 Å². The molecule has 2 fully saturated rings. The molecule has 0 radical (unpaired) electrons. The van der Waals surface area contributed by atoms with Gasteiger partial charge in [-0.15, -0.1) is 0 Å². The first-order valence-corrected chi connectivity index (χ1v) is 12.4. The number of anilines is 3. The summed E-state index contributed by atoms with van der Waals surface area (Å²) in [5, 5.41) is 13.5. The van der Waals surface area contributed by atoms with Crippen LogP contribution in [0.2, 0.25) is 0 Å². The molecule has 4 heterocycles. The van der Waals surface area contributed by atoms with E-state index in [0.29, 0.717) is 28.7 Å². The lowest BCUT2D eigenvalue weighted by molar-refractivity contribution is 0.126. The number of hydrogen-bond donors (Lipinski definition) is 2. The average Bonchev–Trinajstić information content (AvgIpc) is 3.59. The van der Waals surface area contributed by atoms with Crippen LogP contribution in [-0.2, 0) is 7.05 Å². The van der Waals surface area contributed by atoms with Crippen LogP contribution in [0.3, 0.4) is 0 Å². The van der Waals surface area contributed by atoms with Crippen LogP contribution >= 0.6 is 0 Å². The number of rotatable bonds is 5. The number of nitrogens with one attached hydrogen (secondary N) is 1. The lowest BCUT2D eigenvalue weighted by Crippen LogP contribution is -2.38. The Balaban J connectivity index is 1.14. The van der Waals surface area contributed by atoms with Crippen LogP contribution < -0.4 is 15.0 Å². The van der Waals surface area contributed by atoms with Crippen molar-refractivity contribution >= 4 is 39.5 Å². The molecule has 0 amide bonds. The van der Waals surface area contributed by atoms with Crippen LogP contribution in [0.5, 0.6) is 11.5 Å². The van der Waals surface area contributed by atoms with E-state index < -0.39 is 0 Å². The lowest BCUT2D eigenvalue weighted by atomic mass is 10.1. The van der Waals surface area contributed by atoms with Crippen molar-refractivity contribution in [3.63, 3.8) is 0 Å². The Labute approximate surface area is 213 Å². The van der Waals surface area contributed by atoms with Gasteiger partial charge in [0.05, 0.1) is 29.7 Å². The van der Waals surface area contributed by atoms with Gasteiger partial charge in [-0.05, 0) is 55.7 Å². The minimum atomic E-state index is -0.213. The summed E-state index contributed by atoms with van der Waals surface area (Å²) in [6.07, 6.45) is 6.60. The molecule has 3 aromatic heterocycles. The maximum Gasteiger partial charge on any atom is 0.226 e. The maximum atomic E-state index is 10.1. The number of aliphatic hydroxyl groups is 1. The van der Waals surface area contributed by atoms with Gasteiger partial charge in [0.1, 0.15) is 28.9 Å². The van der Waals surface area contributed by atoms with Gasteiger partial charge >= 0.3 is 0 Å². The minimum Gasteiger partial charge on any atom is -0.457 e. The summed E-state index contributed by atoms with van der Waals surface area (Å²) in [7, 11) is 1.97. The van der Waals surface area contributed by atoms with E-state index in [4.69, 9.17) is 9.72 Å². The first-order valence-electron chi connectivity index (χ1n) is 12.4. The minimum absolute atomic E-state index is 0.213. The zero-order chi connectivity index (χ0) is 25.1. The molecule has 2 bridgehead atoms. The lowest BCUT2D eigenvalue weighted by Gasteiger charge is -2.29. The van der Waals surface area contributed by atoms with Gasteiger partial charge < -0.3 is 24.6 Å². The molecule has 10 nitrogen and oxygen atoms in total.